The number of hydrogen-bond acceptors (Lipinski definition) is 4. The summed E-state index contributed by atoms with van der Waals surface area (Å²) in [5, 5.41) is 21.2. The lowest BCUT2D eigenvalue weighted by Gasteiger charge is -2.42. The predicted octanol–water partition coefficient (Wildman–Crippen LogP) is 3.66. The third-order valence-electron chi connectivity index (χ3n) is 6.36. The number of unbranched alkanes of at least 4 members (excludes halogenated alkanes) is 3. The molecule has 2 saturated carbocycles. The molecule has 0 unspecified atom stereocenters. The molecule has 3 rings (SSSR count). The molecule has 2 aliphatic carbocycles. The molecule has 4 nitrogen and oxygen atoms in total. The van der Waals surface area contributed by atoms with Crippen LogP contribution in [0.25, 0.3) is 0 Å². The van der Waals surface area contributed by atoms with Crippen LogP contribution in [0.5, 0.6) is 0 Å². The second-order valence-corrected chi connectivity index (χ2v) is 9.28. The number of aliphatic hydroxyl groups is 2. The van der Waals surface area contributed by atoms with E-state index in [-0.39, 0.29) is 17.3 Å². The van der Waals surface area contributed by atoms with Gasteiger partial charge in [-0.1, -0.05) is 45.8 Å². The van der Waals surface area contributed by atoms with Crippen molar-refractivity contribution in [3.05, 3.63) is 12.2 Å². The van der Waals surface area contributed by atoms with Gasteiger partial charge in [-0.3, -0.25) is 0 Å². The zero-order valence-corrected chi connectivity index (χ0v) is 16.1. The number of hydrogen-bond donors (Lipinski definition) is 2. The number of ether oxygens (including phenoxy) is 2. The zero-order valence-electron chi connectivity index (χ0n) is 16.1. The van der Waals surface area contributed by atoms with Crippen molar-refractivity contribution in [3.63, 3.8) is 0 Å². The predicted molar refractivity (Wildman–Crippen MR) is 98.0 cm³/mol. The largest absolute Gasteiger partial charge is 0.393 e. The normalized spacial score (nSPS) is 37.6. The molecule has 4 heteroatoms. The Hall–Kier alpha value is -0.420. The van der Waals surface area contributed by atoms with E-state index in [1.807, 2.05) is 6.08 Å². The van der Waals surface area contributed by atoms with E-state index in [1.54, 1.807) is 0 Å². The molecule has 0 aromatic carbocycles. The maximum absolute atomic E-state index is 10.7. The second kappa shape index (κ2) is 7.67. The molecule has 1 aliphatic heterocycles. The number of allylic oxidation sites excluding steroid dienone is 1. The van der Waals surface area contributed by atoms with E-state index in [1.165, 1.54) is 19.3 Å². The number of fused-ring (bicyclic) bond motifs is 1. The van der Waals surface area contributed by atoms with Crippen LogP contribution >= 0.6 is 0 Å². The van der Waals surface area contributed by atoms with Crippen molar-refractivity contribution >= 4 is 0 Å². The molecular weight excluding hydrogens is 316 g/mol. The van der Waals surface area contributed by atoms with E-state index in [2.05, 4.69) is 26.8 Å². The van der Waals surface area contributed by atoms with Crippen molar-refractivity contribution in [2.75, 3.05) is 13.2 Å². The quantitative estimate of drug-likeness (QED) is 0.566. The Morgan fingerprint density at radius 1 is 1.16 bits per heavy atom. The minimum atomic E-state index is -0.568. The van der Waals surface area contributed by atoms with Crippen LogP contribution in [0.3, 0.4) is 0 Å². The fourth-order valence-electron chi connectivity index (χ4n) is 4.95. The van der Waals surface area contributed by atoms with Crippen LogP contribution in [0.15, 0.2) is 12.2 Å². The fraction of sp³-hybridized carbons (Fsp3) is 0.905. The lowest BCUT2D eigenvalue weighted by Crippen LogP contribution is -2.47. The van der Waals surface area contributed by atoms with Gasteiger partial charge >= 0.3 is 0 Å². The molecule has 3 fully saturated rings. The van der Waals surface area contributed by atoms with E-state index >= 15 is 0 Å². The van der Waals surface area contributed by atoms with Gasteiger partial charge in [-0.2, -0.15) is 0 Å². The van der Waals surface area contributed by atoms with Gasteiger partial charge in [-0.25, -0.2) is 0 Å². The monoisotopic (exact) mass is 352 g/mol. The smallest absolute Gasteiger partial charge is 0.168 e. The molecule has 0 aromatic rings. The van der Waals surface area contributed by atoms with Crippen LogP contribution in [0.1, 0.15) is 65.7 Å². The van der Waals surface area contributed by atoms with Crippen molar-refractivity contribution in [1.82, 2.24) is 0 Å². The first-order valence-electron chi connectivity index (χ1n) is 10.2. The summed E-state index contributed by atoms with van der Waals surface area (Å²) < 4.78 is 12.3. The number of aliphatic hydroxyl groups excluding tert-OH is 2. The Labute approximate surface area is 152 Å². The van der Waals surface area contributed by atoms with Crippen LogP contribution in [0.4, 0.5) is 0 Å². The molecular formula is C21H36O4. The highest BCUT2D eigenvalue weighted by atomic mass is 16.7. The summed E-state index contributed by atoms with van der Waals surface area (Å²) in [6.07, 6.45) is 10.0. The Kier molecular flexibility index (Phi) is 5.94. The third-order valence-corrected chi connectivity index (χ3v) is 6.36. The third kappa shape index (κ3) is 4.29. The zero-order chi connectivity index (χ0) is 18.1. The van der Waals surface area contributed by atoms with Gasteiger partial charge in [0.1, 0.15) is 0 Å². The molecule has 2 N–H and O–H groups in total. The lowest BCUT2D eigenvalue weighted by molar-refractivity contribution is -0.298. The van der Waals surface area contributed by atoms with Crippen molar-refractivity contribution < 1.29 is 19.7 Å². The minimum absolute atomic E-state index is 0.0720. The van der Waals surface area contributed by atoms with E-state index in [4.69, 9.17) is 9.47 Å². The van der Waals surface area contributed by atoms with Crippen molar-refractivity contribution in [3.8, 4) is 0 Å². The average molecular weight is 353 g/mol. The minimum Gasteiger partial charge on any atom is -0.393 e. The van der Waals surface area contributed by atoms with Crippen LogP contribution < -0.4 is 0 Å². The summed E-state index contributed by atoms with van der Waals surface area (Å²) in [6, 6.07) is 0. The molecule has 0 bridgehead atoms. The summed E-state index contributed by atoms with van der Waals surface area (Å²) in [4.78, 5) is 0. The van der Waals surface area contributed by atoms with E-state index in [0.717, 1.165) is 38.9 Å². The van der Waals surface area contributed by atoms with Gasteiger partial charge in [-0.15, -0.1) is 0 Å². The highest BCUT2D eigenvalue weighted by molar-refractivity contribution is 5.07. The molecule has 1 saturated heterocycles. The first-order valence-corrected chi connectivity index (χ1v) is 10.2. The molecule has 3 aliphatic rings. The summed E-state index contributed by atoms with van der Waals surface area (Å²) in [7, 11) is 0. The topological polar surface area (TPSA) is 58.9 Å². The molecule has 144 valence electrons. The van der Waals surface area contributed by atoms with E-state index < -0.39 is 18.0 Å². The maximum Gasteiger partial charge on any atom is 0.168 e. The Morgan fingerprint density at radius 2 is 1.88 bits per heavy atom. The van der Waals surface area contributed by atoms with Crippen molar-refractivity contribution in [1.29, 1.82) is 0 Å². The van der Waals surface area contributed by atoms with Gasteiger partial charge in [0, 0.05) is 24.2 Å². The van der Waals surface area contributed by atoms with Crippen molar-refractivity contribution in [2.24, 2.45) is 23.2 Å². The lowest BCUT2D eigenvalue weighted by atomic mass is 9.86. The second-order valence-electron chi connectivity index (χ2n) is 9.28. The van der Waals surface area contributed by atoms with Crippen LogP contribution in [-0.2, 0) is 9.47 Å². The molecule has 5 atom stereocenters. The highest BCUT2D eigenvalue weighted by Gasteiger charge is 2.58. The Morgan fingerprint density at radius 3 is 2.56 bits per heavy atom. The average Bonchev–Trinajstić information content (AvgIpc) is 3.03. The number of rotatable bonds is 6. The summed E-state index contributed by atoms with van der Waals surface area (Å²) in [5.74, 6) is 0.109. The Bertz CT molecular complexity index is 463. The fourth-order valence-corrected chi connectivity index (χ4v) is 4.95. The Balaban J connectivity index is 1.59. The molecule has 0 amide bonds. The SMILES string of the molecule is CCCCC/C=C/[C@H](O)[C@@H]1[C@H]2CC3(C[C@H]2C[C@@H]1O)OCC(C)(C)CO3. The van der Waals surface area contributed by atoms with E-state index in [9.17, 15) is 10.2 Å². The van der Waals surface area contributed by atoms with Gasteiger partial charge < -0.3 is 19.7 Å². The van der Waals surface area contributed by atoms with Crippen LogP contribution in [-0.4, -0.2) is 41.4 Å². The van der Waals surface area contributed by atoms with Gasteiger partial charge in [0.15, 0.2) is 5.79 Å². The molecule has 0 aromatic heterocycles. The molecule has 1 spiro atoms. The molecule has 1 heterocycles. The van der Waals surface area contributed by atoms with Gasteiger partial charge in [0.25, 0.3) is 0 Å². The van der Waals surface area contributed by atoms with Crippen LogP contribution in [0.2, 0.25) is 0 Å². The first-order chi connectivity index (χ1) is 11.9. The molecule has 25 heavy (non-hydrogen) atoms. The van der Waals surface area contributed by atoms with Gasteiger partial charge in [0.05, 0.1) is 25.4 Å². The van der Waals surface area contributed by atoms with E-state index in [0.29, 0.717) is 5.92 Å². The standard InChI is InChI=1S/C21H36O4/c1-4-5-6-7-8-9-17(22)19-16-12-21(11-15(16)10-18(19)23)24-13-20(2,3)14-25-21/h8-9,15-19,22-23H,4-7,10-14H2,1-3H3/b9-8+/t15-,16+,17+,18+,19+/m1/s1. The van der Waals surface area contributed by atoms with Crippen LogP contribution in [0, 0.1) is 23.2 Å². The highest BCUT2D eigenvalue weighted by Crippen LogP contribution is 2.55. The van der Waals surface area contributed by atoms with Crippen molar-refractivity contribution in [2.45, 2.75) is 83.7 Å². The summed E-state index contributed by atoms with van der Waals surface area (Å²) in [5.41, 5.74) is 0.0720. The maximum atomic E-state index is 10.7. The van der Waals surface area contributed by atoms with Gasteiger partial charge in [-0.05, 0) is 31.1 Å². The first kappa shape index (κ1) is 19.3. The summed E-state index contributed by atoms with van der Waals surface area (Å²) in [6.45, 7) is 7.96. The molecule has 0 radical (unpaired) electrons. The van der Waals surface area contributed by atoms with Gasteiger partial charge in [0.2, 0.25) is 0 Å². The summed E-state index contributed by atoms with van der Waals surface area (Å²) >= 11 is 0.